The Morgan fingerprint density at radius 2 is 1.53 bits per heavy atom. The third-order valence-electron chi connectivity index (χ3n) is 12.6. The van der Waals surface area contributed by atoms with Gasteiger partial charge in [0.15, 0.2) is 5.71 Å². The van der Waals surface area contributed by atoms with Crippen molar-refractivity contribution in [1.82, 2.24) is 5.32 Å². The van der Waals surface area contributed by atoms with E-state index in [2.05, 4.69) is 153 Å². The van der Waals surface area contributed by atoms with Crippen LogP contribution in [0.3, 0.4) is 0 Å². The molecule has 2 aliphatic heterocycles. The number of hydrogen-bond acceptors (Lipinski definition) is 4. The third-order valence-corrected chi connectivity index (χ3v) is 12.6. The number of para-hydroxylation sites is 2. The van der Waals surface area contributed by atoms with E-state index in [1.165, 1.54) is 64.3 Å². The number of allylic oxidation sites excluding steroid dienone is 7. The van der Waals surface area contributed by atoms with Crippen LogP contribution in [0.2, 0.25) is 0 Å². The maximum atomic E-state index is 12.6. The predicted molar refractivity (Wildman–Crippen MR) is 248 cm³/mol. The zero-order chi connectivity index (χ0) is 41.8. The third kappa shape index (κ3) is 10.4. The number of nitrogens with zero attached hydrogens (tertiary/aromatic N) is 2. The van der Waals surface area contributed by atoms with Crippen molar-refractivity contribution >= 4 is 23.0 Å². The Bertz CT molecular complexity index is 2060. The average Bonchev–Trinajstić information content (AvgIpc) is 3.58. The highest BCUT2D eigenvalue weighted by Crippen LogP contribution is 2.48. The fourth-order valence-corrected chi connectivity index (χ4v) is 9.31. The number of aryl methyl sites for hydroxylation is 1. The normalized spacial score (nSPS) is 18.3. The Morgan fingerprint density at radius 1 is 0.814 bits per heavy atom. The fourth-order valence-electron chi connectivity index (χ4n) is 9.31. The van der Waals surface area contributed by atoms with Crippen molar-refractivity contribution in [2.75, 3.05) is 31.1 Å². The molecule has 3 aromatic carbocycles. The van der Waals surface area contributed by atoms with E-state index < -0.39 is 0 Å². The molecule has 1 aliphatic carbocycles. The molecular weight excluding hydrogens is 725 g/mol. The lowest BCUT2D eigenvalue weighted by atomic mass is 9.81. The Labute approximate surface area is 356 Å². The molecule has 59 heavy (non-hydrogen) atoms. The van der Waals surface area contributed by atoms with Crippen LogP contribution in [0.25, 0.3) is 0 Å². The van der Waals surface area contributed by atoms with Crippen molar-refractivity contribution in [2.24, 2.45) is 5.73 Å². The van der Waals surface area contributed by atoms with Crippen LogP contribution in [-0.2, 0) is 22.0 Å². The fraction of sp³-hybridized carbons (Fsp3) is 0.472. The summed E-state index contributed by atoms with van der Waals surface area (Å²) in [4.78, 5) is 15.2. The van der Waals surface area contributed by atoms with E-state index in [4.69, 9.17) is 10.5 Å². The van der Waals surface area contributed by atoms with Gasteiger partial charge in [0.2, 0.25) is 11.6 Å². The lowest BCUT2D eigenvalue weighted by Gasteiger charge is -2.27. The van der Waals surface area contributed by atoms with Crippen LogP contribution in [0.5, 0.6) is 5.75 Å². The van der Waals surface area contributed by atoms with E-state index in [1.807, 2.05) is 0 Å². The minimum atomic E-state index is -0.107. The van der Waals surface area contributed by atoms with Crippen molar-refractivity contribution in [3.05, 3.63) is 136 Å². The first-order valence-electron chi connectivity index (χ1n) is 22.8. The minimum Gasteiger partial charge on any atom is -0.457 e. The lowest BCUT2D eigenvalue weighted by Crippen LogP contribution is -2.28. The van der Waals surface area contributed by atoms with Gasteiger partial charge < -0.3 is 20.7 Å². The van der Waals surface area contributed by atoms with Gasteiger partial charge in [-0.3, -0.25) is 4.79 Å². The summed E-state index contributed by atoms with van der Waals surface area (Å²) in [6.07, 6.45) is 22.7. The van der Waals surface area contributed by atoms with Gasteiger partial charge in [0.25, 0.3) is 0 Å². The summed E-state index contributed by atoms with van der Waals surface area (Å²) in [5.41, 5.74) is 17.0. The van der Waals surface area contributed by atoms with Crippen LogP contribution < -0.4 is 20.7 Å². The molecule has 3 N–H and O–H groups in total. The maximum Gasteiger partial charge on any atom is 0.220 e. The van der Waals surface area contributed by atoms with Crippen LogP contribution >= 0.6 is 0 Å². The molecule has 0 spiro atoms. The molecule has 0 aromatic heterocycles. The maximum absolute atomic E-state index is 12.6. The van der Waals surface area contributed by atoms with Crippen LogP contribution in [0.1, 0.15) is 135 Å². The summed E-state index contributed by atoms with van der Waals surface area (Å²) in [7, 11) is 0. The summed E-state index contributed by atoms with van der Waals surface area (Å²) < 4.78 is 9.50. The largest absolute Gasteiger partial charge is 0.457 e. The van der Waals surface area contributed by atoms with E-state index in [1.54, 1.807) is 0 Å². The number of rotatable bonds is 20. The van der Waals surface area contributed by atoms with Crippen LogP contribution in [0, 0.1) is 0 Å². The van der Waals surface area contributed by atoms with Gasteiger partial charge in [-0.1, -0.05) is 108 Å². The van der Waals surface area contributed by atoms with E-state index >= 15 is 0 Å². The molecule has 0 unspecified atom stereocenters. The molecule has 314 valence electrons. The number of unbranched alkanes of at least 4 members (excludes halogenated alkanes) is 5. The number of carbonyl (C=O) groups is 1. The van der Waals surface area contributed by atoms with Crippen LogP contribution in [-0.4, -0.2) is 42.4 Å². The van der Waals surface area contributed by atoms with E-state index in [9.17, 15) is 4.79 Å². The molecule has 0 saturated carbocycles. The molecule has 0 bridgehead atoms. The number of anilines is 1. The van der Waals surface area contributed by atoms with Gasteiger partial charge in [-0.2, -0.15) is 4.58 Å². The molecule has 6 nitrogen and oxygen atoms in total. The number of nitrogens with two attached hydrogens (primary N) is 1. The van der Waals surface area contributed by atoms with Crippen LogP contribution in [0.4, 0.5) is 11.4 Å². The van der Waals surface area contributed by atoms with Gasteiger partial charge in [-0.15, -0.1) is 0 Å². The second-order valence-corrected chi connectivity index (χ2v) is 17.8. The molecular formula is C53H71N4O2+. The van der Waals surface area contributed by atoms with Crippen LogP contribution in [0.15, 0.2) is 120 Å². The molecule has 0 atom stereocenters. The SMILES string of the molecule is CCCN1/C(=C/C=C2\CCCC(/C=C/C3=[N+](CCC)c4ccccc4C3(C)C)=C2Oc2ccc(CCC(=O)NCCCCCCCCN)cc2)C(C)(C)c2ccccc21. The smallest absolute Gasteiger partial charge is 0.220 e. The number of carbonyl (C=O) groups excluding carboxylic acids is 1. The van der Waals surface area contributed by atoms with Gasteiger partial charge in [0, 0.05) is 60.4 Å². The second-order valence-electron chi connectivity index (χ2n) is 17.8. The highest BCUT2D eigenvalue weighted by molar-refractivity contribution is 6.03. The van der Waals surface area contributed by atoms with Crippen molar-refractivity contribution in [2.45, 2.75) is 136 Å². The first-order chi connectivity index (χ1) is 28.6. The summed E-state index contributed by atoms with van der Waals surface area (Å²) in [5.74, 6) is 1.90. The summed E-state index contributed by atoms with van der Waals surface area (Å²) in [5, 5.41) is 3.12. The van der Waals surface area contributed by atoms with Crippen molar-refractivity contribution in [3.63, 3.8) is 0 Å². The molecule has 3 aromatic rings. The summed E-state index contributed by atoms with van der Waals surface area (Å²) in [6.45, 7) is 17.4. The monoisotopic (exact) mass is 796 g/mol. The number of benzene rings is 3. The minimum absolute atomic E-state index is 0.107. The molecule has 0 radical (unpaired) electrons. The zero-order valence-electron chi connectivity index (χ0n) is 37.0. The summed E-state index contributed by atoms with van der Waals surface area (Å²) in [6, 6.07) is 26.1. The topological polar surface area (TPSA) is 70.6 Å². The van der Waals surface area contributed by atoms with E-state index in [-0.39, 0.29) is 16.7 Å². The molecule has 6 rings (SSSR count). The number of nitrogens with one attached hydrogen (secondary N) is 1. The van der Waals surface area contributed by atoms with E-state index in [0.717, 1.165) is 94.6 Å². The molecule has 6 heteroatoms. The molecule has 1 amide bonds. The zero-order valence-corrected chi connectivity index (χ0v) is 37.0. The molecule has 3 aliphatic rings. The van der Waals surface area contributed by atoms with Gasteiger partial charge >= 0.3 is 0 Å². The van der Waals surface area contributed by atoms with Crippen molar-refractivity contribution in [3.8, 4) is 5.75 Å². The van der Waals surface area contributed by atoms with Crippen molar-refractivity contribution in [1.29, 1.82) is 0 Å². The van der Waals surface area contributed by atoms with Gasteiger partial charge in [-0.05, 0) is 118 Å². The van der Waals surface area contributed by atoms with Gasteiger partial charge in [0.05, 0.1) is 5.41 Å². The molecule has 0 saturated heterocycles. The number of fused-ring (bicyclic) bond motifs is 2. The first kappa shape index (κ1) is 43.9. The lowest BCUT2D eigenvalue weighted by molar-refractivity contribution is -0.437. The Balaban J connectivity index is 1.25. The first-order valence-corrected chi connectivity index (χ1v) is 22.8. The number of hydrogen-bond donors (Lipinski definition) is 2. The Hall–Kier alpha value is -4.68. The van der Waals surface area contributed by atoms with E-state index in [0.29, 0.717) is 12.8 Å². The summed E-state index contributed by atoms with van der Waals surface area (Å²) >= 11 is 0. The van der Waals surface area contributed by atoms with Gasteiger partial charge in [0.1, 0.15) is 18.1 Å². The highest BCUT2D eigenvalue weighted by Gasteiger charge is 2.44. The Kier molecular flexibility index (Phi) is 15.3. The standard InChI is InChI=1S/C53H70N4O2/c1-7-38-56-46-24-15-13-22-44(46)52(3,4)48(56)33-29-41-20-19-21-42(30-34-49-53(5,6)45-23-14-16-25-47(45)57(49)39-8-2)51(41)59-43-31-26-40(27-32-43)28-35-50(58)55-37-18-12-10-9-11-17-36-54/h13-16,22-27,29-34H,7-12,17-21,28,35-39,54H2,1-6H3/p+1. The quantitative estimate of drug-likeness (QED) is 0.0883. The predicted octanol–water partition coefficient (Wildman–Crippen LogP) is 11.9. The second kappa shape index (κ2) is 20.5. The number of amides is 1. The number of ether oxygens (including phenoxy) is 1. The van der Waals surface area contributed by atoms with Crippen molar-refractivity contribution < 1.29 is 14.1 Å². The Morgan fingerprint density at radius 3 is 2.27 bits per heavy atom. The average molecular weight is 796 g/mol. The van der Waals surface area contributed by atoms with Gasteiger partial charge in [-0.25, -0.2) is 0 Å². The molecule has 2 heterocycles. The highest BCUT2D eigenvalue weighted by atomic mass is 16.5. The molecule has 0 fully saturated rings.